The molecular weight excluding hydrogens is 468 g/mol. The number of amides is 1. The Labute approximate surface area is 177 Å². The van der Waals surface area contributed by atoms with E-state index in [0.717, 1.165) is 10.9 Å². The van der Waals surface area contributed by atoms with E-state index in [1.54, 1.807) is 0 Å². The van der Waals surface area contributed by atoms with Crippen molar-refractivity contribution in [1.82, 2.24) is 19.7 Å². The van der Waals surface area contributed by atoms with Gasteiger partial charge in [-0.1, -0.05) is 16.8 Å². The third-order valence-electron chi connectivity index (χ3n) is 4.02. The number of fused-ring (bicyclic) bond motifs is 1. The van der Waals surface area contributed by atoms with Gasteiger partial charge in [0.25, 0.3) is 5.91 Å². The molecule has 0 aliphatic carbocycles. The number of alkyl halides is 3. The van der Waals surface area contributed by atoms with Crippen LogP contribution in [-0.4, -0.2) is 35.6 Å². The molecule has 0 radical (unpaired) electrons. The minimum atomic E-state index is -4.79. The van der Waals surface area contributed by atoms with E-state index in [0.29, 0.717) is 11.6 Å². The fraction of sp³-hybridized carbons (Fsp3) is 0.235. The number of sulfonamides is 1. The first-order valence-electron chi connectivity index (χ1n) is 8.37. The average molecular weight is 481 g/mol. The van der Waals surface area contributed by atoms with E-state index < -0.39 is 50.3 Å². The summed E-state index contributed by atoms with van der Waals surface area (Å²) in [5.41, 5.74) is -0.756. The zero-order chi connectivity index (χ0) is 23.1. The van der Waals surface area contributed by atoms with Crippen molar-refractivity contribution in [2.75, 3.05) is 6.26 Å². The molecule has 2 aromatic carbocycles. The highest BCUT2D eigenvalue weighted by atomic mass is 35.5. The van der Waals surface area contributed by atoms with Gasteiger partial charge in [-0.25, -0.2) is 17.5 Å². The second-order valence-corrected chi connectivity index (χ2v) is 8.62. The van der Waals surface area contributed by atoms with Crippen molar-refractivity contribution in [3.8, 4) is 11.5 Å². The zero-order valence-corrected chi connectivity index (χ0v) is 17.3. The Balaban J connectivity index is 1.95. The van der Waals surface area contributed by atoms with E-state index in [9.17, 15) is 30.8 Å². The molecule has 14 heteroatoms. The van der Waals surface area contributed by atoms with Crippen molar-refractivity contribution < 1.29 is 35.5 Å². The predicted octanol–water partition coefficient (Wildman–Crippen LogP) is 3.67. The monoisotopic (exact) mass is 480 g/mol. The molecule has 1 unspecified atom stereocenters. The Morgan fingerprint density at radius 2 is 1.94 bits per heavy atom. The summed E-state index contributed by atoms with van der Waals surface area (Å²) in [6.07, 6.45) is -3.98. The Hall–Kier alpha value is -2.93. The van der Waals surface area contributed by atoms with E-state index in [4.69, 9.17) is 16.3 Å². The van der Waals surface area contributed by atoms with E-state index in [1.165, 1.54) is 25.1 Å². The molecule has 3 aromatic rings. The molecule has 8 nitrogen and oxygen atoms in total. The molecule has 0 aliphatic heterocycles. The molecule has 0 fully saturated rings. The SMILES string of the molecule is CC(C(=O)NS(C)(=O)=O)n1nnc2ccc(Oc3c(F)cc(C(F)(F)F)cc3Cl)cc21. The highest BCUT2D eigenvalue weighted by Crippen LogP contribution is 2.39. The quantitative estimate of drug-likeness (QED) is 0.559. The maximum atomic E-state index is 14.2. The first-order valence-corrected chi connectivity index (χ1v) is 10.6. The van der Waals surface area contributed by atoms with E-state index in [2.05, 4.69) is 10.3 Å². The summed E-state index contributed by atoms with van der Waals surface area (Å²) in [5.74, 6) is -2.87. The molecule has 31 heavy (non-hydrogen) atoms. The van der Waals surface area contributed by atoms with Crippen molar-refractivity contribution in [3.05, 3.63) is 46.7 Å². The van der Waals surface area contributed by atoms with Gasteiger partial charge in [0.15, 0.2) is 11.6 Å². The zero-order valence-electron chi connectivity index (χ0n) is 15.7. The largest absolute Gasteiger partial charge is 0.453 e. The number of carbonyl (C=O) groups excluding carboxylic acids is 1. The van der Waals surface area contributed by atoms with Crippen LogP contribution in [0.2, 0.25) is 5.02 Å². The van der Waals surface area contributed by atoms with E-state index >= 15 is 0 Å². The predicted molar refractivity (Wildman–Crippen MR) is 102 cm³/mol. The average Bonchev–Trinajstić information content (AvgIpc) is 3.04. The summed E-state index contributed by atoms with van der Waals surface area (Å²) in [5, 5.41) is 7.04. The van der Waals surface area contributed by atoms with Crippen molar-refractivity contribution in [3.63, 3.8) is 0 Å². The fourth-order valence-electron chi connectivity index (χ4n) is 2.58. The highest BCUT2D eigenvalue weighted by Gasteiger charge is 2.32. The number of rotatable bonds is 5. The van der Waals surface area contributed by atoms with Gasteiger partial charge in [0, 0.05) is 6.07 Å². The maximum Gasteiger partial charge on any atom is 0.416 e. The Morgan fingerprint density at radius 3 is 2.52 bits per heavy atom. The Bertz CT molecular complexity index is 1250. The third kappa shape index (κ3) is 5.05. The number of halogens is 5. The van der Waals surface area contributed by atoms with Crippen LogP contribution in [0.25, 0.3) is 11.0 Å². The minimum absolute atomic E-state index is 0.0349. The van der Waals surface area contributed by atoms with Crippen LogP contribution in [0.1, 0.15) is 18.5 Å². The normalized spacial score (nSPS) is 13.3. The topological polar surface area (TPSA) is 103 Å². The second kappa shape index (κ2) is 7.96. The number of hydrogen-bond acceptors (Lipinski definition) is 6. The Kier molecular flexibility index (Phi) is 5.84. The standard InChI is InChI=1S/C17H13ClF4N4O4S/c1-8(16(27)24-31(2,28)29)26-14-7-10(3-4-13(14)23-25-26)30-15-11(18)5-9(6-12(15)19)17(20,21)22/h3-8H,1-2H3,(H,24,27). The molecule has 0 saturated heterocycles. The minimum Gasteiger partial charge on any atom is -0.453 e. The van der Waals surface area contributed by atoms with Crippen LogP contribution in [0.4, 0.5) is 17.6 Å². The summed E-state index contributed by atoms with van der Waals surface area (Å²) in [4.78, 5) is 12.1. The van der Waals surface area contributed by atoms with Gasteiger partial charge in [-0.15, -0.1) is 5.10 Å². The van der Waals surface area contributed by atoms with Crippen molar-refractivity contribution in [2.24, 2.45) is 0 Å². The van der Waals surface area contributed by atoms with Gasteiger partial charge < -0.3 is 4.74 Å². The van der Waals surface area contributed by atoms with Crippen molar-refractivity contribution >= 4 is 38.6 Å². The number of hydrogen-bond donors (Lipinski definition) is 1. The van der Waals surface area contributed by atoms with Crippen LogP contribution >= 0.6 is 11.6 Å². The van der Waals surface area contributed by atoms with Gasteiger partial charge in [-0.05, 0) is 31.2 Å². The molecule has 1 aromatic heterocycles. The summed E-state index contributed by atoms with van der Waals surface area (Å²) in [6.45, 7) is 1.37. The van der Waals surface area contributed by atoms with Gasteiger partial charge in [-0.3, -0.25) is 9.52 Å². The first-order chi connectivity index (χ1) is 14.3. The Morgan fingerprint density at radius 1 is 1.26 bits per heavy atom. The van der Waals surface area contributed by atoms with E-state index in [-0.39, 0.29) is 17.3 Å². The summed E-state index contributed by atoms with van der Waals surface area (Å²) in [7, 11) is -3.81. The number of nitrogens with zero attached hydrogens (tertiary/aromatic N) is 3. The number of nitrogens with one attached hydrogen (secondary N) is 1. The van der Waals surface area contributed by atoms with Crippen LogP contribution in [0, 0.1) is 5.82 Å². The van der Waals surface area contributed by atoms with Crippen molar-refractivity contribution in [1.29, 1.82) is 0 Å². The van der Waals surface area contributed by atoms with Crippen LogP contribution in [-0.2, 0) is 21.0 Å². The molecule has 0 spiro atoms. The van der Waals surface area contributed by atoms with Crippen LogP contribution in [0.5, 0.6) is 11.5 Å². The molecule has 1 amide bonds. The third-order valence-corrected chi connectivity index (χ3v) is 4.87. The van der Waals surface area contributed by atoms with E-state index in [1.807, 2.05) is 4.72 Å². The van der Waals surface area contributed by atoms with Gasteiger partial charge in [-0.2, -0.15) is 13.2 Å². The lowest BCUT2D eigenvalue weighted by atomic mass is 10.2. The van der Waals surface area contributed by atoms with Gasteiger partial charge in [0.1, 0.15) is 17.3 Å². The highest BCUT2D eigenvalue weighted by molar-refractivity contribution is 7.89. The summed E-state index contributed by atoms with van der Waals surface area (Å²) < 4.78 is 83.3. The molecule has 1 N–H and O–H groups in total. The van der Waals surface area contributed by atoms with Gasteiger partial charge >= 0.3 is 6.18 Å². The lowest BCUT2D eigenvalue weighted by Gasteiger charge is -2.14. The van der Waals surface area contributed by atoms with Gasteiger partial charge in [0.2, 0.25) is 10.0 Å². The number of carbonyl (C=O) groups is 1. The smallest absolute Gasteiger partial charge is 0.416 e. The van der Waals surface area contributed by atoms with Crippen LogP contribution in [0.15, 0.2) is 30.3 Å². The molecule has 166 valence electrons. The molecule has 0 bridgehead atoms. The molecule has 0 aliphatic rings. The lowest BCUT2D eigenvalue weighted by molar-refractivity contribution is -0.137. The molecule has 1 atom stereocenters. The van der Waals surface area contributed by atoms with Gasteiger partial charge in [0.05, 0.1) is 22.4 Å². The van der Waals surface area contributed by atoms with Crippen LogP contribution < -0.4 is 9.46 Å². The van der Waals surface area contributed by atoms with Crippen LogP contribution in [0.3, 0.4) is 0 Å². The summed E-state index contributed by atoms with van der Waals surface area (Å²) in [6, 6.07) is 3.74. The second-order valence-electron chi connectivity index (χ2n) is 6.47. The van der Waals surface area contributed by atoms with Crippen molar-refractivity contribution in [2.45, 2.75) is 19.1 Å². The fourth-order valence-corrected chi connectivity index (χ4v) is 3.37. The number of benzene rings is 2. The molecular formula is C17H13ClF4N4O4S. The molecule has 0 saturated carbocycles. The molecule has 3 rings (SSSR count). The summed E-state index contributed by atoms with van der Waals surface area (Å²) >= 11 is 5.77. The number of aromatic nitrogens is 3. The molecule has 1 heterocycles. The first kappa shape index (κ1) is 22.7. The maximum absolute atomic E-state index is 14.2. The number of ether oxygens (including phenoxy) is 1. The lowest BCUT2D eigenvalue weighted by Crippen LogP contribution is -2.35.